The van der Waals surface area contributed by atoms with Crippen LogP contribution in [0.5, 0.6) is 5.75 Å². The van der Waals surface area contributed by atoms with E-state index in [1.165, 1.54) is 12.1 Å². The normalized spacial score (nSPS) is 10.2. The van der Waals surface area contributed by atoms with Crippen LogP contribution in [-0.2, 0) is 14.3 Å². The van der Waals surface area contributed by atoms with Gasteiger partial charge in [0.15, 0.2) is 5.75 Å². The zero-order chi connectivity index (χ0) is 15.8. The highest BCUT2D eigenvalue weighted by atomic mass is 35.5. The molecule has 1 aromatic rings. The first kappa shape index (κ1) is 17.6. The van der Waals surface area contributed by atoms with E-state index in [1.54, 1.807) is 7.11 Å². The molecule has 0 saturated carbocycles. The molecule has 0 fully saturated rings. The second kappa shape index (κ2) is 8.71. The summed E-state index contributed by atoms with van der Waals surface area (Å²) >= 11 is 12.1. The lowest BCUT2D eigenvalue weighted by atomic mass is 10.2. The Bertz CT molecular complexity index is 498. The molecule has 116 valence electrons. The predicted octanol–water partition coefficient (Wildman–Crippen LogP) is 2.82. The number of methoxy groups -OCH3 is 1. The van der Waals surface area contributed by atoms with Crippen molar-refractivity contribution in [1.82, 2.24) is 0 Å². The average molecular weight is 336 g/mol. The van der Waals surface area contributed by atoms with E-state index in [2.05, 4.69) is 5.32 Å². The molecule has 0 aliphatic carbocycles. The number of anilines is 1. The summed E-state index contributed by atoms with van der Waals surface area (Å²) in [6.07, 6.45) is -0.373. The minimum absolute atomic E-state index is 0.128. The first-order valence-corrected chi connectivity index (χ1v) is 6.82. The zero-order valence-electron chi connectivity index (χ0n) is 11.3. The van der Waals surface area contributed by atoms with Crippen LogP contribution in [0.15, 0.2) is 12.1 Å². The third-order valence-electron chi connectivity index (χ3n) is 2.38. The number of carboxylic acids is 1. The largest absolute Gasteiger partial charge is 0.488 e. The van der Waals surface area contributed by atoms with E-state index >= 15 is 0 Å². The third kappa shape index (κ3) is 6.20. The monoisotopic (exact) mass is 335 g/mol. The SMILES string of the molecule is COCCOc1c(Cl)cc(NC(=O)CCC(=O)O)cc1Cl. The lowest BCUT2D eigenvalue weighted by Gasteiger charge is -2.12. The van der Waals surface area contributed by atoms with Crippen molar-refractivity contribution in [2.24, 2.45) is 0 Å². The van der Waals surface area contributed by atoms with Crippen LogP contribution < -0.4 is 10.1 Å². The molecule has 6 nitrogen and oxygen atoms in total. The van der Waals surface area contributed by atoms with E-state index in [0.29, 0.717) is 24.7 Å². The van der Waals surface area contributed by atoms with Crippen LogP contribution in [0.25, 0.3) is 0 Å². The van der Waals surface area contributed by atoms with Crippen LogP contribution in [0.1, 0.15) is 12.8 Å². The molecule has 1 amide bonds. The fourth-order valence-corrected chi connectivity index (χ4v) is 2.04. The van der Waals surface area contributed by atoms with Gasteiger partial charge in [-0.1, -0.05) is 23.2 Å². The minimum Gasteiger partial charge on any atom is -0.488 e. The first-order valence-electron chi connectivity index (χ1n) is 6.06. The molecule has 21 heavy (non-hydrogen) atoms. The molecule has 1 aromatic carbocycles. The molecule has 0 aliphatic heterocycles. The first-order chi connectivity index (χ1) is 9.93. The molecule has 0 spiro atoms. The topological polar surface area (TPSA) is 84.9 Å². The van der Waals surface area contributed by atoms with E-state index in [0.717, 1.165) is 0 Å². The summed E-state index contributed by atoms with van der Waals surface area (Å²) in [6.45, 7) is 0.681. The average Bonchev–Trinajstić information content (AvgIpc) is 2.39. The van der Waals surface area contributed by atoms with Crippen molar-refractivity contribution in [2.75, 3.05) is 25.6 Å². The Balaban J connectivity index is 2.69. The summed E-state index contributed by atoms with van der Waals surface area (Å²) in [5, 5.41) is 11.5. The highest BCUT2D eigenvalue weighted by molar-refractivity contribution is 6.37. The number of carboxylic acid groups (broad SMARTS) is 1. The molecule has 8 heteroatoms. The number of carbonyl (C=O) groups excluding carboxylic acids is 1. The lowest BCUT2D eigenvalue weighted by Crippen LogP contribution is -2.13. The summed E-state index contributed by atoms with van der Waals surface area (Å²) in [4.78, 5) is 21.9. The quantitative estimate of drug-likeness (QED) is 0.713. The Hall–Kier alpha value is -1.50. The van der Waals surface area contributed by atoms with Gasteiger partial charge in [-0.15, -0.1) is 0 Å². The highest BCUT2D eigenvalue weighted by Gasteiger charge is 2.12. The number of hydrogen-bond donors (Lipinski definition) is 2. The van der Waals surface area contributed by atoms with Gasteiger partial charge in [0, 0.05) is 19.2 Å². The molecule has 0 heterocycles. The van der Waals surface area contributed by atoms with Crippen molar-refractivity contribution in [1.29, 1.82) is 0 Å². The zero-order valence-corrected chi connectivity index (χ0v) is 12.8. The van der Waals surface area contributed by atoms with E-state index in [9.17, 15) is 9.59 Å². The number of ether oxygens (including phenoxy) is 2. The van der Waals surface area contributed by atoms with Crippen molar-refractivity contribution >= 4 is 40.8 Å². The smallest absolute Gasteiger partial charge is 0.303 e. The molecule has 0 unspecified atom stereocenters. The van der Waals surface area contributed by atoms with Gasteiger partial charge in [0.25, 0.3) is 0 Å². The van der Waals surface area contributed by atoms with Crippen molar-refractivity contribution in [2.45, 2.75) is 12.8 Å². The predicted molar refractivity (Wildman–Crippen MR) is 79.3 cm³/mol. The number of aliphatic carboxylic acids is 1. The van der Waals surface area contributed by atoms with Gasteiger partial charge in [-0.3, -0.25) is 9.59 Å². The van der Waals surface area contributed by atoms with Crippen molar-refractivity contribution in [3.05, 3.63) is 22.2 Å². The van der Waals surface area contributed by atoms with Crippen molar-refractivity contribution in [3.63, 3.8) is 0 Å². The standard InChI is InChI=1S/C13H15Cl2NO5/c1-20-4-5-21-13-9(14)6-8(7-10(13)15)16-11(17)2-3-12(18)19/h6-7H,2-5H2,1H3,(H,16,17)(H,18,19). The Labute approximate surface area is 131 Å². The Morgan fingerprint density at radius 3 is 2.33 bits per heavy atom. The summed E-state index contributed by atoms with van der Waals surface area (Å²) < 4.78 is 10.2. The molecular formula is C13H15Cl2NO5. The second-order valence-electron chi connectivity index (χ2n) is 4.05. The number of carbonyl (C=O) groups is 2. The number of benzene rings is 1. The van der Waals surface area contributed by atoms with Crippen molar-refractivity contribution < 1.29 is 24.2 Å². The van der Waals surface area contributed by atoms with Gasteiger partial charge in [-0.25, -0.2) is 0 Å². The summed E-state index contributed by atoms with van der Waals surface area (Å²) in [7, 11) is 1.54. The molecule has 2 N–H and O–H groups in total. The van der Waals surface area contributed by atoms with Crippen LogP contribution in [0.2, 0.25) is 10.0 Å². The van der Waals surface area contributed by atoms with Gasteiger partial charge in [-0.05, 0) is 12.1 Å². The highest BCUT2D eigenvalue weighted by Crippen LogP contribution is 2.36. The molecule has 1 rings (SSSR count). The minimum atomic E-state index is -1.04. The molecule has 0 aliphatic rings. The third-order valence-corrected chi connectivity index (χ3v) is 2.94. The van der Waals surface area contributed by atoms with E-state index in [1.807, 2.05) is 0 Å². The maximum Gasteiger partial charge on any atom is 0.303 e. The molecule has 0 saturated heterocycles. The molecule has 0 atom stereocenters. The number of nitrogens with one attached hydrogen (secondary N) is 1. The van der Waals surface area contributed by atoms with Gasteiger partial charge in [-0.2, -0.15) is 0 Å². The summed E-state index contributed by atoms with van der Waals surface area (Å²) in [5.74, 6) is -1.17. The van der Waals surface area contributed by atoms with Gasteiger partial charge in [0.05, 0.1) is 23.1 Å². The van der Waals surface area contributed by atoms with Crippen LogP contribution in [0.3, 0.4) is 0 Å². The maximum absolute atomic E-state index is 11.5. The van der Waals surface area contributed by atoms with Gasteiger partial charge < -0.3 is 19.9 Å². The van der Waals surface area contributed by atoms with E-state index in [4.69, 9.17) is 37.8 Å². The van der Waals surface area contributed by atoms with E-state index in [-0.39, 0.29) is 22.9 Å². The molecule has 0 radical (unpaired) electrons. The van der Waals surface area contributed by atoms with E-state index < -0.39 is 11.9 Å². The van der Waals surface area contributed by atoms with Crippen LogP contribution in [0.4, 0.5) is 5.69 Å². The second-order valence-corrected chi connectivity index (χ2v) is 4.87. The van der Waals surface area contributed by atoms with Gasteiger partial charge >= 0.3 is 5.97 Å². The number of amides is 1. The molecule has 0 bridgehead atoms. The number of halogens is 2. The Kier molecular flexibility index (Phi) is 7.28. The molecular weight excluding hydrogens is 321 g/mol. The van der Waals surface area contributed by atoms with Crippen molar-refractivity contribution in [3.8, 4) is 5.75 Å². The van der Waals surface area contributed by atoms with Crippen LogP contribution in [-0.4, -0.2) is 37.3 Å². The van der Waals surface area contributed by atoms with Gasteiger partial charge in [0.2, 0.25) is 5.91 Å². The number of rotatable bonds is 8. The summed E-state index contributed by atoms with van der Waals surface area (Å²) in [5.41, 5.74) is 0.375. The Morgan fingerprint density at radius 2 is 1.81 bits per heavy atom. The fraction of sp³-hybridized carbons (Fsp3) is 0.385. The van der Waals surface area contributed by atoms with Crippen LogP contribution in [0, 0.1) is 0 Å². The van der Waals surface area contributed by atoms with Crippen LogP contribution >= 0.6 is 23.2 Å². The fourth-order valence-electron chi connectivity index (χ4n) is 1.44. The lowest BCUT2D eigenvalue weighted by molar-refractivity contribution is -0.138. The maximum atomic E-state index is 11.5. The molecule has 0 aromatic heterocycles. The van der Waals surface area contributed by atoms with Gasteiger partial charge in [0.1, 0.15) is 6.61 Å². The summed E-state index contributed by atoms with van der Waals surface area (Å²) in [6, 6.07) is 2.96. The number of hydrogen-bond acceptors (Lipinski definition) is 4. The Morgan fingerprint density at radius 1 is 1.19 bits per heavy atom.